The lowest BCUT2D eigenvalue weighted by Gasteiger charge is -2.27. The second-order valence-electron chi connectivity index (χ2n) is 8.81. The van der Waals surface area contributed by atoms with Crippen molar-refractivity contribution in [2.45, 2.75) is 18.6 Å². The molecule has 1 amide bonds. The molecule has 1 fully saturated rings. The van der Waals surface area contributed by atoms with Crippen LogP contribution in [0.4, 0.5) is 28.5 Å². The second kappa shape index (κ2) is 9.39. The number of ether oxygens (including phenoxy) is 1. The van der Waals surface area contributed by atoms with Crippen molar-refractivity contribution in [2.24, 2.45) is 0 Å². The molecule has 198 valence electrons. The predicted molar refractivity (Wildman–Crippen MR) is 138 cm³/mol. The summed E-state index contributed by atoms with van der Waals surface area (Å²) in [5.41, 5.74) is 4.88. The van der Waals surface area contributed by atoms with Gasteiger partial charge in [0, 0.05) is 37.1 Å². The lowest BCUT2D eigenvalue weighted by atomic mass is 9.96. The van der Waals surface area contributed by atoms with E-state index < -0.39 is 17.6 Å². The molecule has 0 bridgehead atoms. The van der Waals surface area contributed by atoms with Crippen LogP contribution in [0.1, 0.15) is 12.0 Å². The minimum absolute atomic E-state index is 0.0358. The molecule has 2 N–H and O–H groups in total. The first-order valence-corrected chi connectivity index (χ1v) is 12.3. The summed E-state index contributed by atoms with van der Waals surface area (Å²) in [5.74, 6) is -0.618. The number of anilines is 2. The summed E-state index contributed by atoms with van der Waals surface area (Å²) in [6.45, 7) is 4.35. The number of nitrogens with two attached hydrogens (primary N) is 1. The highest BCUT2D eigenvalue weighted by molar-refractivity contribution is 7.22. The van der Waals surface area contributed by atoms with Crippen LogP contribution in [0.15, 0.2) is 36.9 Å². The maximum atomic E-state index is 14.5. The predicted octanol–water partition coefficient (Wildman–Crippen LogP) is 4.88. The number of benzene rings is 2. The SMILES string of the molecule is C=CC(=O)N1CCC(N(C)c2nc(OC)nc3cc(-c4ccc(F)c5sc(N)nc45)c(C(F)(F)F)cc23)C1. The van der Waals surface area contributed by atoms with Crippen molar-refractivity contribution in [3.63, 3.8) is 0 Å². The Hall–Kier alpha value is -4.00. The Morgan fingerprint density at radius 2 is 2.03 bits per heavy atom. The Bertz CT molecular complexity index is 1590. The van der Waals surface area contributed by atoms with Crippen molar-refractivity contribution in [2.75, 3.05) is 37.9 Å². The molecule has 8 nitrogen and oxygen atoms in total. The number of rotatable bonds is 5. The summed E-state index contributed by atoms with van der Waals surface area (Å²) in [7, 11) is 3.06. The molecular formula is C25H22F4N6O2S. The molecule has 1 aliphatic rings. The van der Waals surface area contributed by atoms with E-state index in [2.05, 4.69) is 21.5 Å². The molecular weight excluding hydrogens is 524 g/mol. The quantitative estimate of drug-likeness (QED) is 0.282. The number of likely N-dealkylation sites (tertiary alicyclic amines) is 1. The highest BCUT2D eigenvalue weighted by Crippen LogP contribution is 2.44. The van der Waals surface area contributed by atoms with Gasteiger partial charge in [-0.2, -0.15) is 23.1 Å². The van der Waals surface area contributed by atoms with E-state index in [1.807, 2.05) is 0 Å². The van der Waals surface area contributed by atoms with Gasteiger partial charge in [-0.25, -0.2) is 9.37 Å². The zero-order valence-electron chi connectivity index (χ0n) is 20.3. The summed E-state index contributed by atoms with van der Waals surface area (Å²) in [6.07, 6.45) is -2.94. The summed E-state index contributed by atoms with van der Waals surface area (Å²) in [6, 6.07) is 4.37. The first kappa shape index (κ1) is 25.6. The molecule has 4 aromatic rings. The number of amides is 1. The molecule has 0 radical (unpaired) electrons. The van der Waals surface area contributed by atoms with Gasteiger partial charge in [-0.1, -0.05) is 17.9 Å². The van der Waals surface area contributed by atoms with Crippen molar-refractivity contribution in [3.8, 4) is 17.1 Å². The van der Waals surface area contributed by atoms with Gasteiger partial charge in [-0.15, -0.1) is 0 Å². The van der Waals surface area contributed by atoms with E-state index in [9.17, 15) is 22.4 Å². The fourth-order valence-electron chi connectivity index (χ4n) is 4.73. The van der Waals surface area contributed by atoms with E-state index in [0.29, 0.717) is 19.5 Å². The topological polar surface area (TPSA) is 97.5 Å². The van der Waals surface area contributed by atoms with Crippen LogP contribution in [0.25, 0.3) is 32.2 Å². The number of hydrogen-bond acceptors (Lipinski definition) is 8. The maximum absolute atomic E-state index is 14.5. The van der Waals surface area contributed by atoms with Crippen LogP contribution in [0, 0.1) is 5.82 Å². The number of carbonyl (C=O) groups excluding carboxylic acids is 1. The Labute approximate surface area is 218 Å². The average Bonchev–Trinajstić information content (AvgIpc) is 3.53. The van der Waals surface area contributed by atoms with Crippen molar-refractivity contribution in [3.05, 3.63) is 48.3 Å². The van der Waals surface area contributed by atoms with E-state index in [0.717, 1.165) is 23.5 Å². The van der Waals surface area contributed by atoms with E-state index in [4.69, 9.17) is 10.5 Å². The van der Waals surface area contributed by atoms with Crippen molar-refractivity contribution in [1.82, 2.24) is 19.9 Å². The fourth-order valence-corrected chi connectivity index (χ4v) is 5.49. The van der Waals surface area contributed by atoms with Gasteiger partial charge in [0.2, 0.25) is 5.91 Å². The Morgan fingerprint density at radius 3 is 2.71 bits per heavy atom. The van der Waals surface area contributed by atoms with Crippen LogP contribution >= 0.6 is 11.3 Å². The molecule has 5 rings (SSSR count). The monoisotopic (exact) mass is 546 g/mol. The summed E-state index contributed by atoms with van der Waals surface area (Å²) in [5, 5.41) is 0.183. The molecule has 1 saturated heterocycles. The third-order valence-corrected chi connectivity index (χ3v) is 7.51. The number of halogens is 4. The fraction of sp³-hybridized carbons (Fsp3) is 0.280. The van der Waals surface area contributed by atoms with E-state index in [1.165, 1.54) is 25.3 Å². The molecule has 0 spiro atoms. The minimum Gasteiger partial charge on any atom is -0.467 e. The molecule has 1 unspecified atom stereocenters. The van der Waals surface area contributed by atoms with Crippen LogP contribution in [-0.4, -0.2) is 59.0 Å². The molecule has 3 heterocycles. The lowest BCUT2D eigenvalue weighted by molar-refractivity contribution is -0.137. The molecule has 1 atom stereocenters. The number of hydrogen-bond donors (Lipinski definition) is 1. The van der Waals surface area contributed by atoms with Gasteiger partial charge in [0.1, 0.15) is 11.6 Å². The Balaban J connectivity index is 1.72. The molecule has 13 heteroatoms. The molecule has 2 aromatic heterocycles. The molecule has 0 aliphatic carbocycles. The minimum atomic E-state index is -4.76. The number of methoxy groups -OCH3 is 1. The van der Waals surface area contributed by atoms with Gasteiger partial charge >= 0.3 is 12.2 Å². The number of likely N-dealkylation sites (N-methyl/N-ethyl adjacent to an activating group) is 1. The highest BCUT2D eigenvalue weighted by atomic mass is 32.1. The van der Waals surface area contributed by atoms with Crippen molar-refractivity contribution < 1.29 is 27.1 Å². The number of aromatic nitrogens is 3. The zero-order chi connectivity index (χ0) is 27.4. The Morgan fingerprint density at radius 1 is 1.26 bits per heavy atom. The van der Waals surface area contributed by atoms with Crippen molar-refractivity contribution in [1.29, 1.82) is 0 Å². The lowest BCUT2D eigenvalue weighted by Crippen LogP contribution is -2.36. The van der Waals surface area contributed by atoms with Gasteiger partial charge in [0.25, 0.3) is 0 Å². The van der Waals surface area contributed by atoms with Gasteiger partial charge in [0.15, 0.2) is 5.13 Å². The van der Waals surface area contributed by atoms with Gasteiger partial charge < -0.3 is 20.3 Å². The van der Waals surface area contributed by atoms with Crippen LogP contribution in [-0.2, 0) is 11.0 Å². The number of thiazole rings is 1. The first-order valence-electron chi connectivity index (χ1n) is 11.5. The number of carbonyl (C=O) groups is 1. The van der Waals surface area contributed by atoms with Crippen LogP contribution in [0.5, 0.6) is 6.01 Å². The van der Waals surface area contributed by atoms with Crippen LogP contribution in [0.3, 0.4) is 0 Å². The number of nitrogen functional groups attached to an aromatic ring is 1. The van der Waals surface area contributed by atoms with E-state index >= 15 is 0 Å². The Kier molecular flexibility index (Phi) is 6.33. The third kappa shape index (κ3) is 4.36. The standard InChI is InChI=1S/C25H22F4N6O2S/c1-4-19(36)35-8-7-12(11-35)34(2)22-15-9-16(25(27,28)29)14(10-18(15)31-24(33-22)37-3)13-5-6-17(26)21-20(13)32-23(30)38-21/h4-6,9-10,12H,1,7-8,11H2,2-3H3,(H2,30,32). The summed E-state index contributed by atoms with van der Waals surface area (Å²) < 4.78 is 63.1. The molecule has 1 aliphatic heterocycles. The third-order valence-electron chi connectivity index (χ3n) is 6.62. The zero-order valence-corrected chi connectivity index (χ0v) is 21.2. The van der Waals surface area contributed by atoms with Crippen LogP contribution < -0.4 is 15.4 Å². The smallest absolute Gasteiger partial charge is 0.417 e. The highest BCUT2D eigenvalue weighted by Gasteiger charge is 2.36. The number of alkyl halides is 3. The normalized spacial score (nSPS) is 15.8. The summed E-state index contributed by atoms with van der Waals surface area (Å²) in [4.78, 5) is 28.2. The second-order valence-corrected chi connectivity index (χ2v) is 9.84. The molecule has 38 heavy (non-hydrogen) atoms. The largest absolute Gasteiger partial charge is 0.467 e. The number of nitrogens with zero attached hydrogens (tertiary/aromatic N) is 5. The van der Waals surface area contributed by atoms with Gasteiger partial charge in [0.05, 0.1) is 28.4 Å². The molecule has 0 saturated carbocycles. The average molecular weight is 547 g/mol. The molecule has 2 aromatic carbocycles. The van der Waals surface area contributed by atoms with Gasteiger partial charge in [-0.3, -0.25) is 4.79 Å². The summed E-state index contributed by atoms with van der Waals surface area (Å²) >= 11 is 0.859. The van der Waals surface area contributed by atoms with E-state index in [-0.39, 0.29) is 61.2 Å². The van der Waals surface area contributed by atoms with Gasteiger partial charge in [-0.05, 0) is 42.3 Å². The first-order chi connectivity index (χ1) is 18.0. The van der Waals surface area contributed by atoms with Crippen molar-refractivity contribution >= 4 is 49.3 Å². The number of fused-ring (bicyclic) bond motifs is 2. The van der Waals surface area contributed by atoms with Crippen LogP contribution in [0.2, 0.25) is 0 Å². The van der Waals surface area contributed by atoms with E-state index in [1.54, 1.807) is 16.8 Å². The maximum Gasteiger partial charge on any atom is 0.417 e.